The molecule has 0 heterocycles. The predicted molar refractivity (Wildman–Crippen MR) is 140 cm³/mol. The number of amides is 2. The van der Waals surface area contributed by atoms with E-state index in [0.29, 0.717) is 22.8 Å². The standard InChI is InChI=1S/C24H31BrClN3O4S/c1-5-6-12-27-24(31)18(3)28(15-19-8-7-9-20(25)13-19)23(30)16-29(34(4,32)33)22-14-21(26)11-10-17(22)2/h7-11,13-14,18H,5-6,12,15-16H2,1-4H3,(H,27,31)/t18-/m1/s1. The fraction of sp³-hybridized carbons (Fsp3) is 0.417. The maximum absolute atomic E-state index is 13.5. The molecule has 0 saturated carbocycles. The molecule has 0 bridgehead atoms. The summed E-state index contributed by atoms with van der Waals surface area (Å²) in [6.07, 6.45) is 2.80. The lowest BCUT2D eigenvalue weighted by molar-refractivity contribution is -0.139. The third-order valence-corrected chi connectivity index (χ3v) is 7.21. The minimum Gasteiger partial charge on any atom is -0.354 e. The van der Waals surface area contributed by atoms with Crippen LogP contribution in [0.5, 0.6) is 0 Å². The number of unbranched alkanes of at least 4 members (excludes halogenated alkanes) is 1. The minimum absolute atomic E-state index is 0.146. The number of rotatable bonds is 11. The topological polar surface area (TPSA) is 86.8 Å². The monoisotopic (exact) mass is 571 g/mol. The smallest absolute Gasteiger partial charge is 0.244 e. The molecule has 2 aromatic carbocycles. The van der Waals surface area contributed by atoms with Crippen LogP contribution < -0.4 is 9.62 Å². The first kappa shape index (κ1) is 28.1. The second kappa shape index (κ2) is 12.6. The van der Waals surface area contributed by atoms with E-state index in [0.717, 1.165) is 33.4 Å². The van der Waals surface area contributed by atoms with Crippen LogP contribution in [0, 0.1) is 6.92 Å². The highest BCUT2D eigenvalue weighted by Crippen LogP contribution is 2.27. The predicted octanol–water partition coefficient (Wildman–Crippen LogP) is 4.51. The van der Waals surface area contributed by atoms with Gasteiger partial charge in [-0.1, -0.05) is 59.1 Å². The van der Waals surface area contributed by atoms with Gasteiger partial charge in [-0.3, -0.25) is 13.9 Å². The van der Waals surface area contributed by atoms with Crippen molar-refractivity contribution in [3.8, 4) is 0 Å². The number of sulfonamides is 1. The van der Waals surface area contributed by atoms with E-state index < -0.39 is 28.5 Å². The second-order valence-corrected chi connectivity index (χ2v) is 11.4. The summed E-state index contributed by atoms with van der Waals surface area (Å²) in [6.45, 7) is 5.61. The van der Waals surface area contributed by atoms with E-state index in [1.54, 1.807) is 26.0 Å². The Morgan fingerprint density at radius 1 is 1.18 bits per heavy atom. The summed E-state index contributed by atoms with van der Waals surface area (Å²) in [5, 5.41) is 3.21. The molecule has 0 unspecified atom stereocenters. The van der Waals surface area contributed by atoms with Gasteiger partial charge in [0.15, 0.2) is 0 Å². The van der Waals surface area contributed by atoms with Crippen LogP contribution in [-0.4, -0.2) is 50.5 Å². The van der Waals surface area contributed by atoms with E-state index in [2.05, 4.69) is 21.2 Å². The lowest BCUT2D eigenvalue weighted by Crippen LogP contribution is -2.51. The van der Waals surface area contributed by atoms with E-state index in [1.807, 2.05) is 31.2 Å². The molecule has 0 saturated heterocycles. The van der Waals surface area contributed by atoms with E-state index in [1.165, 1.54) is 11.0 Å². The Morgan fingerprint density at radius 2 is 1.88 bits per heavy atom. The molecule has 0 radical (unpaired) electrons. The molecule has 7 nitrogen and oxygen atoms in total. The van der Waals surface area contributed by atoms with Crippen LogP contribution in [-0.2, 0) is 26.2 Å². The van der Waals surface area contributed by atoms with Crippen LogP contribution in [0.3, 0.4) is 0 Å². The first-order valence-electron chi connectivity index (χ1n) is 11.0. The Balaban J connectivity index is 2.39. The van der Waals surface area contributed by atoms with Crippen molar-refractivity contribution < 1.29 is 18.0 Å². The quantitative estimate of drug-likeness (QED) is 0.402. The van der Waals surface area contributed by atoms with Gasteiger partial charge < -0.3 is 10.2 Å². The third kappa shape index (κ3) is 7.99. The number of halogens is 2. The SMILES string of the molecule is CCCCNC(=O)[C@@H](C)N(Cc1cccc(Br)c1)C(=O)CN(c1cc(Cl)ccc1C)S(C)(=O)=O. The van der Waals surface area contributed by atoms with Gasteiger partial charge in [-0.25, -0.2) is 8.42 Å². The van der Waals surface area contributed by atoms with Crippen LogP contribution in [0.1, 0.15) is 37.8 Å². The Morgan fingerprint density at radius 3 is 2.50 bits per heavy atom. The van der Waals surface area contributed by atoms with E-state index in [9.17, 15) is 18.0 Å². The zero-order chi connectivity index (χ0) is 25.5. The van der Waals surface area contributed by atoms with E-state index >= 15 is 0 Å². The molecule has 1 atom stereocenters. The number of nitrogens with one attached hydrogen (secondary N) is 1. The number of benzene rings is 2. The largest absolute Gasteiger partial charge is 0.354 e. The molecule has 2 rings (SSSR count). The summed E-state index contributed by atoms with van der Waals surface area (Å²) < 4.78 is 27.2. The van der Waals surface area contributed by atoms with Crippen molar-refractivity contribution in [3.05, 3.63) is 63.1 Å². The lowest BCUT2D eigenvalue weighted by atomic mass is 10.1. The number of hydrogen-bond donors (Lipinski definition) is 1. The van der Waals surface area contributed by atoms with Gasteiger partial charge in [0.05, 0.1) is 11.9 Å². The van der Waals surface area contributed by atoms with E-state index in [4.69, 9.17) is 11.6 Å². The highest BCUT2D eigenvalue weighted by molar-refractivity contribution is 9.10. The molecule has 0 spiro atoms. The van der Waals surface area contributed by atoms with Crippen LogP contribution in [0.2, 0.25) is 5.02 Å². The van der Waals surface area contributed by atoms with Gasteiger partial charge >= 0.3 is 0 Å². The van der Waals surface area contributed by atoms with E-state index in [-0.39, 0.29) is 12.5 Å². The van der Waals surface area contributed by atoms with Crippen molar-refractivity contribution in [2.24, 2.45) is 0 Å². The van der Waals surface area contributed by atoms with Gasteiger partial charge in [0.25, 0.3) is 0 Å². The summed E-state index contributed by atoms with van der Waals surface area (Å²) >= 11 is 9.54. The number of nitrogens with zero attached hydrogens (tertiary/aromatic N) is 2. The first-order chi connectivity index (χ1) is 15.9. The maximum Gasteiger partial charge on any atom is 0.244 e. The van der Waals surface area contributed by atoms with Crippen molar-refractivity contribution in [1.82, 2.24) is 10.2 Å². The number of carbonyl (C=O) groups excluding carboxylic acids is 2. The third-order valence-electron chi connectivity index (χ3n) is 5.36. The molecule has 0 fully saturated rings. The summed E-state index contributed by atoms with van der Waals surface area (Å²) in [5.74, 6) is -0.787. The Hall–Kier alpha value is -2.10. The Kier molecular flexibility index (Phi) is 10.4. The molecule has 186 valence electrons. The van der Waals surface area contributed by atoms with Gasteiger partial charge in [-0.15, -0.1) is 0 Å². The van der Waals surface area contributed by atoms with Gasteiger partial charge in [-0.2, -0.15) is 0 Å². The summed E-state index contributed by atoms with van der Waals surface area (Å²) in [7, 11) is -3.81. The summed E-state index contributed by atoms with van der Waals surface area (Å²) in [4.78, 5) is 27.7. The van der Waals surface area contributed by atoms with Crippen LogP contribution in [0.15, 0.2) is 46.9 Å². The van der Waals surface area contributed by atoms with Crippen molar-refractivity contribution in [2.45, 2.75) is 46.2 Å². The number of aryl methyl sites for hydroxylation is 1. The molecule has 1 N–H and O–H groups in total. The molecule has 0 aromatic heterocycles. The van der Waals surface area contributed by atoms with Crippen molar-refractivity contribution in [2.75, 3.05) is 23.7 Å². The summed E-state index contributed by atoms with van der Waals surface area (Å²) in [5.41, 5.74) is 1.79. The molecule has 10 heteroatoms. The highest BCUT2D eigenvalue weighted by Gasteiger charge is 2.30. The zero-order valence-corrected chi connectivity index (χ0v) is 23.0. The normalized spacial score (nSPS) is 12.2. The van der Waals surface area contributed by atoms with Gasteiger partial charge in [-0.05, 0) is 55.7 Å². The lowest BCUT2D eigenvalue weighted by Gasteiger charge is -2.32. The number of hydrogen-bond acceptors (Lipinski definition) is 4. The molecule has 0 aliphatic rings. The van der Waals surface area contributed by atoms with Gasteiger partial charge in [0.1, 0.15) is 12.6 Å². The van der Waals surface area contributed by atoms with Crippen molar-refractivity contribution in [1.29, 1.82) is 0 Å². The number of anilines is 1. The first-order valence-corrected chi connectivity index (χ1v) is 14.0. The Labute approximate surface area is 215 Å². The van der Waals surface area contributed by atoms with Crippen LogP contribution in [0.4, 0.5) is 5.69 Å². The molecule has 2 aromatic rings. The van der Waals surface area contributed by atoms with Crippen LogP contribution >= 0.6 is 27.5 Å². The molecular formula is C24H31BrClN3O4S. The molecule has 2 amide bonds. The molecular weight excluding hydrogens is 542 g/mol. The zero-order valence-electron chi connectivity index (χ0n) is 19.8. The average Bonchev–Trinajstić information content (AvgIpc) is 2.76. The molecule has 0 aliphatic heterocycles. The molecule has 0 aliphatic carbocycles. The second-order valence-electron chi connectivity index (χ2n) is 8.17. The van der Waals surface area contributed by atoms with Crippen molar-refractivity contribution in [3.63, 3.8) is 0 Å². The average molecular weight is 573 g/mol. The Bertz CT molecular complexity index is 1130. The minimum atomic E-state index is -3.81. The highest BCUT2D eigenvalue weighted by atomic mass is 79.9. The maximum atomic E-state index is 13.5. The van der Waals surface area contributed by atoms with Crippen LogP contribution in [0.25, 0.3) is 0 Å². The molecule has 34 heavy (non-hydrogen) atoms. The number of carbonyl (C=O) groups is 2. The summed E-state index contributed by atoms with van der Waals surface area (Å²) in [6, 6.07) is 11.5. The fourth-order valence-electron chi connectivity index (χ4n) is 3.40. The van der Waals surface area contributed by atoms with Crippen molar-refractivity contribution >= 4 is 55.1 Å². The van der Waals surface area contributed by atoms with Gasteiger partial charge in [0.2, 0.25) is 21.8 Å². The fourth-order valence-corrected chi connectivity index (χ4v) is 4.91. The van der Waals surface area contributed by atoms with Gasteiger partial charge in [0, 0.05) is 22.6 Å².